The molecular formula is C16H18N4O2. The van der Waals surface area contributed by atoms with Gasteiger partial charge in [0.1, 0.15) is 6.04 Å². The largest absolute Gasteiger partial charge is 0.322 e. The predicted molar refractivity (Wildman–Crippen MR) is 83.6 cm³/mol. The lowest BCUT2D eigenvalue weighted by Crippen LogP contribution is -2.28. The van der Waals surface area contributed by atoms with Gasteiger partial charge in [-0.2, -0.15) is 5.10 Å². The van der Waals surface area contributed by atoms with Gasteiger partial charge in [0, 0.05) is 25.4 Å². The fourth-order valence-electron chi connectivity index (χ4n) is 2.58. The molecule has 0 bridgehead atoms. The second-order valence-corrected chi connectivity index (χ2v) is 5.32. The summed E-state index contributed by atoms with van der Waals surface area (Å²) in [5.74, 6) is -0.0652. The van der Waals surface area contributed by atoms with Crippen molar-refractivity contribution in [3.63, 3.8) is 0 Å². The van der Waals surface area contributed by atoms with Crippen molar-refractivity contribution >= 4 is 23.2 Å². The molecular weight excluding hydrogens is 280 g/mol. The highest BCUT2D eigenvalue weighted by atomic mass is 16.2. The Kier molecular flexibility index (Phi) is 3.91. The molecule has 1 N–H and O–H groups in total. The smallest absolute Gasteiger partial charge is 0.249 e. The highest BCUT2D eigenvalue weighted by Crippen LogP contribution is 2.29. The van der Waals surface area contributed by atoms with Crippen LogP contribution in [0.1, 0.15) is 25.8 Å². The summed E-state index contributed by atoms with van der Waals surface area (Å²) in [7, 11) is 0. The summed E-state index contributed by atoms with van der Waals surface area (Å²) in [5.41, 5.74) is 1.41. The predicted octanol–water partition coefficient (Wildman–Crippen LogP) is 2.21. The third-order valence-electron chi connectivity index (χ3n) is 3.83. The van der Waals surface area contributed by atoms with Gasteiger partial charge >= 0.3 is 0 Å². The standard InChI is InChI=1S/C16H18N4O2/c1-12(20-11-5-9-17-20)16(22)18-13-6-2-3-7-14(13)19-10-4-8-15(19)21/h2-3,5-7,9,11-12H,4,8,10H2,1H3,(H,18,22). The zero-order valence-electron chi connectivity index (χ0n) is 12.4. The Balaban J connectivity index is 1.80. The number of para-hydroxylation sites is 2. The van der Waals surface area contributed by atoms with Gasteiger partial charge < -0.3 is 10.2 Å². The van der Waals surface area contributed by atoms with Crippen molar-refractivity contribution in [1.29, 1.82) is 0 Å². The summed E-state index contributed by atoms with van der Waals surface area (Å²) in [4.78, 5) is 26.0. The minimum Gasteiger partial charge on any atom is -0.322 e. The van der Waals surface area contributed by atoms with Crippen molar-refractivity contribution in [3.8, 4) is 0 Å². The van der Waals surface area contributed by atoms with Crippen molar-refractivity contribution in [1.82, 2.24) is 9.78 Å². The van der Waals surface area contributed by atoms with Crippen molar-refractivity contribution in [3.05, 3.63) is 42.7 Å². The summed E-state index contributed by atoms with van der Waals surface area (Å²) in [5, 5.41) is 6.98. The van der Waals surface area contributed by atoms with Crippen molar-refractivity contribution < 1.29 is 9.59 Å². The monoisotopic (exact) mass is 298 g/mol. The molecule has 3 rings (SSSR count). The van der Waals surface area contributed by atoms with Crippen LogP contribution in [0.3, 0.4) is 0 Å². The molecule has 0 saturated carbocycles. The van der Waals surface area contributed by atoms with E-state index in [-0.39, 0.29) is 11.8 Å². The number of amides is 2. The molecule has 1 fully saturated rings. The Morgan fingerprint density at radius 3 is 2.82 bits per heavy atom. The molecule has 0 spiro atoms. The molecule has 1 aliphatic rings. The zero-order valence-corrected chi connectivity index (χ0v) is 12.4. The molecule has 1 aromatic carbocycles. The molecule has 0 aliphatic carbocycles. The molecule has 6 nitrogen and oxygen atoms in total. The number of carbonyl (C=O) groups excluding carboxylic acids is 2. The first-order valence-corrected chi connectivity index (χ1v) is 7.36. The number of aromatic nitrogens is 2. The molecule has 1 atom stereocenters. The number of nitrogens with zero attached hydrogens (tertiary/aromatic N) is 3. The Labute approximate surface area is 128 Å². The van der Waals surface area contributed by atoms with Gasteiger partial charge in [-0.15, -0.1) is 0 Å². The lowest BCUT2D eigenvalue weighted by molar-refractivity contribution is -0.119. The SMILES string of the molecule is CC(C(=O)Nc1ccccc1N1CCCC1=O)n1cccn1. The summed E-state index contributed by atoms with van der Waals surface area (Å²) in [6.07, 6.45) is 4.80. The zero-order chi connectivity index (χ0) is 15.5. The van der Waals surface area contributed by atoms with Crippen LogP contribution in [0, 0.1) is 0 Å². The summed E-state index contributed by atoms with van der Waals surface area (Å²) < 4.78 is 1.60. The number of benzene rings is 1. The van der Waals surface area contributed by atoms with Gasteiger partial charge in [-0.3, -0.25) is 14.3 Å². The second-order valence-electron chi connectivity index (χ2n) is 5.32. The van der Waals surface area contributed by atoms with E-state index >= 15 is 0 Å². The van der Waals surface area contributed by atoms with Gasteiger partial charge in [-0.1, -0.05) is 12.1 Å². The van der Waals surface area contributed by atoms with Gasteiger partial charge in [0.25, 0.3) is 0 Å². The molecule has 2 heterocycles. The van der Waals surface area contributed by atoms with Gasteiger partial charge in [-0.05, 0) is 31.5 Å². The van der Waals surface area contributed by atoms with E-state index in [0.29, 0.717) is 18.7 Å². The molecule has 1 saturated heterocycles. The van der Waals surface area contributed by atoms with Crippen LogP contribution < -0.4 is 10.2 Å². The van der Waals surface area contributed by atoms with Crippen molar-refractivity contribution in [2.75, 3.05) is 16.8 Å². The Morgan fingerprint density at radius 1 is 1.32 bits per heavy atom. The molecule has 2 amide bonds. The normalized spacial score (nSPS) is 15.9. The summed E-state index contributed by atoms with van der Waals surface area (Å²) in [6, 6.07) is 8.75. The molecule has 0 radical (unpaired) electrons. The van der Waals surface area contributed by atoms with Crippen LogP contribution >= 0.6 is 0 Å². The summed E-state index contributed by atoms with van der Waals surface area (Å²) >= 11 is 0. The van der Waals surface area contributed by atoms with E-state index in [1.165, 1.54) is 0 Å². The molecule has 1 aliphatic heterocycles. The molecule has 2 aromatic rings. The molecule has 1 unspecified atom stereocenters. The second kappa shape index (κ2) is 6.01. The first kappa shape index (κ1) is 14.3. The van der Waals surface area contributed by atoms with E-state index in [9.17, 15) is 9.59 Å². The van der Waals surface area contributed by atoms with Gasteiger partial charge in [0.15, 0.2) is 0 Å². The average Bonchev–Trinajstić information content (AvgIpc) is 3.18. The number of hydrogen-bond acceptors (Lipinski definition) is 3. The van der Waals surface area contributed by atoms with Crippen molar-refractivity contribution in [2.45, 2.75) is 25.8 Å². The Morgan fingerprint density at radius 2 is 2.14 bits per heavy atom. The van der Waals surface area contributed by atoms with E-state index in [2.05, 4.69) is 10.4 Å². The molecule has 22 heavy (non-hydrogen) atoms. The fraction of sp³-hybridized carbons (Fsp3) is 0.312. The van der Waals surface area contributed by atoms with Crippen LogP contribution in [0.5, 0.6) is 0 Å². The Bertz CT molecular complexity index is 681. The maximum atomic E-state index is 12.4. The third kappa shape index (κ3) is 2.72. The maximum Gasteiger partial charge on any atom is 0.249 e. The molecule has 6 heteroatoms. The van der Waals surface area contributed by atoms with Gasteiger partial charge in [-0.25, -0.2) is 0 Å². The highest BCUT2D eigenvalue weighted by molar-refractivity contribution is 6.02. The first-order valence-electron chi connectivity index (χ1n) is 7.36. The first-order chi connectivity index (χ1) is 10.7. The van der Waals surface area contributed by atoms with E-state index < -0.39 is 6.04 Å². The van der Waals surface area contributed by atoms with Crippen LogP contribution in [0.25, 0.3) is 0 Å². The van der Waals surface area contributed by atoms with Crippen LogP contribution in [-0.2, 0) is 9.59 Å². The van der Waals surface area contributed by atoms with E-state index in [1.54, 1.807) is 35.0 Å². The van der Waals surface area contributed by atoms with E-state index in [0.717, 1.165) is 12.1 Å². The highest BCUT2D eigenvalue weighted by Gasteiger charge is 2.25. The number of nitrogens with one attached hydrogen (secondary N) is 1. The minimum atomic E-state index is -0.419. The fourth-order valence-corrected chi connectivity index (χ4v) is 2.58. The van der Waals surface area contributed by atoms with E-state index in [1.807, 2.05) is 24.3 Å². The Hall–Kier alpha value is -2.63. The average molecular weight is 298 g/mol. The minimum absolute atomic E-state index is 0.0989. The number of anilines is 2. The lowest BCUT2D eigenvalue weighted by Gasteiger charge is -2.21. The van der Waals surface area contributed by atoms with Crippen LogP contribution in [0.15, 0.2) is 42.7 Å². The van der Waals surface area contributed by atoms with Crippen molar-refractivity contribution in [2.24, 2.45) is 0 Å². The lowest BCUT2D eigenvalue weighted by atomic mass is 10.2. The number of rotatable bonds is 4. The van der Waals surface area contributed by atoms with Crippen LogP contribution in [0.4, 0.5) is 11.4 Å². The van der Waals surface area contributed by atoms with Crippen LogP contribution in [-0.4, -0.2) is 28.1 Å². The number of hydrogen-bond donors (Lipinski definition) is 1. The quantitative estimate of drug-likeness (QED) is 0.941. The third-order valence-corrected chi connectivity index (χ3v) is 3.83. The van der Waals surface area contributed by atoms with Gasteiger partial charge in [0.2, 0.25) is 11.8 Å². The topological polar surface area (TPSA) is 67.2 Å². The van der Waals surface area contributed by atoms with Crippen LogP contribution in [0.2, 0.25) is 0 Å². The van der Waals surface area contributed by atoms with E-state index in [4.69, 9.17) is 0 Å². The van der Waals surface area contributed by atoms with Gasteiger partial charge in [0.05, 0.1) is 11.4 Å². The number of carbonyl (C=O) groups is 2. The molecule has 1 aromatic heterocycles. The maximum absolute atomic E-state index is 12.4. The summed E-state index contributed by atoms with van der Waals surface area (Å²) in [6.45, 7) is 2.48. The molecule has 114 valence electrons.